The Labute approximate surface area is 107 Å². The lowest BCUT2D eigenvalue weighted by Gasteiger charge is -2.25. The number of likely N-dealkylation sites (N-methyl/N-ethyl adjacent to an activating group) is 1. The van der Waals surface area contributed by atoms with E-state index in [0.717, 1.165) is 17.1 Å². The molecule has 0 aliphatic heterocycles. The van der Waals surface area contributed by atoms with E-state index in [2.05, 4.69) is 4.98 Å². The van der Waals surface area contributed by atoms with Crippen LogP contribution in [0.1, 0.15) is 5.76 Å². The van der Waals surface area contributed by atoms with Crippen LogP contribution in [0.3, 0.4) is 0 Å². The highest BCUT2D eigenvalue weighted by atomic mass is 16.4. The fourth-order valence-corrected chi connectivity index (χ4v) is 2.01. The monoisotopic (exact) mass is 247 g/mol. The summed E-state index contributed by atoms with van der Waals surface area (Å²) in [6.07, 6.45) is 0. The molecule has 0 spiro atoms. The van der Waals surface area contributed by atoms with Gasteiger partial charge in [0, 0.05) is 12.5 Å². The first-order valence-corrected chi connectivity index (χ1v) is 6.02. The maximum atomic E-state index is 9.10. The second-order valence-corrected chi connectivity index (χ2v) is 4.90. The van der Waals surface area contributed by atoms with E-state index in [1.807, 2.05) is 51.4 Å². The molecule has 0 amide bonds. The number of aromatic nitrogens is 1. The summed E-state index contributed by atoms with van der Waals surface area (Å²) in [7, 11) is 4.02. The SMILES string of the molecule is Cc1oc(-c2ccccc2)nc1[N+](C)(C)CCO. The molecule has 0 bridgehead atoms. The van der Waals surface area contributed by atoms with Gasteiger partial charge in [0.1, 0.15) is 6.54 Å². The van der Waals surface area contributed by atoms with Crippen LogP contribution in [0.25, 0.3) is 11.5 Å². The standard InChI is InChI=1S/C14H19N2O2/c1-11-13(16(2,3)9-10-17)15-14(18-11)12-7-5-4-6-8-12/h4-8,17H,9-10H2,1-3H3/q+1. The first-order chi connectivity index (χ1) is 8.54. The molecular weight excluding hydrogens is 228 g/mol. The lowest BCUT2D eigenvalue weighted by molar-refractivity contribution is 0.239. The lowest BCUT2D eigenvalue weighted by Crippen LogP contribution is -2.43. The zero-order valence-corrected chi connectivity index (χ0v) is 11.1. The van der Waals surface area contributed by atoms with Gasteiger partial charge in [-0.25, -0.2) is 0 Å². The molecule has 1 N–H and O–H groups in total. The Morgan fingerprint density at radius 1 is 1.22 bits per heavy atom. The number of hydrogen-bond acceptors (Lipinski definition) is 3. The van der Waals surface area contributed by atoms with Crippen molar-refractivity contribution in [3.05, 3.63) is 36.1 Å². The molecule has 2 rings (SSSR count). The number of hydrogen-bond donors (Lipinski definition) is 1. The fourth-order valence-electron chi connectivity index (χ4n) is 2.01. The third-order valence-electron chi connectivity index (χ3n) is 3.03. The molecule has 96 valence electrons. The van der Waals surface area contributed by atoms with Crippen LogP contribution in [0.4, 0.5) is 5.82 Å². The van der Waals surface area contributed by atoms with Crippen molar-refractivity contribution >= 4 is 5.82 Å². The number of quaternary nitrogens is 1. The van der Waals surface area contributed by atoms with Gasteiger partial charge < -0.3 is 9.52 Å². The number of benzene rings is 1. The van der Waals surface area contributed by atoms with Crippen LogP contribution in [0.2, 0.25) is 0 Å². The van der Waals surface area contributed by atoms with Gasteiger partial charge >= 0.3 is 0 Å². The Morgan fingerprint density at radius 3 is 2.50 bits per heavy atom. The van der Waals surface area contributed by atoms with Gasteiger partial charge in [-0.1, -0.05) is 18.2 Å². The van der Waals surface area contributed by atoms with Gasteiger partial charge in [-0.3, -0.25) is 4.48 Å². The minimum absolute atomic E-state index is 0.125. The molecule has 0 aliphatic carbocycles. The van der Waals surface area contributed by atoms with E-state index in [0.29, 0.717) is 16.9 Å². The summed E-state index contributed by atoms with van der Waals surface area (Å²) in [4.78, 5) is 4.56. The number of nitrogens with zero attached hydrogens (tertiary/aromatic N) is 2. The average Bonchev–Trinajstić information content (AvgIpc) is 2.73. The fraction of sp³-hybridized carbons (Fsp3) is 0.357. The molecule has 0 fully saturated rings. The second-order valence-electron chi connectivity index (χ2n) is 4.90. The van der Waals surface area contributed by atoms with Crippen LogP contribution < -0.4 is 4.48 Å². The summed E-state index contributed by atoms with van der Waals surface area (Å²) in [5, 5.41) is 9.10. The Balaban J connectivity index is 2.39. The molecule has 4 heteroatoms. The van der Waals surface area contributed by atoms with Crippen molar-refractivity contribution in [2.45, 2.75) is 6.92 Å². The van der Waals surface area contributed by atoms with Crippen molar-refractivity contribution < 1.29 is 9.52 Å². The number of aliphatic hydroxyl groups excluding tert-OH is 1. The second kappa shape index (κ2) is 4.92. The molecule has 18 heavy (non-hydrogen) atoms. The van der Waals surface area contributed by atoms with Crippen molar-refractivity contribution in [2.75, 3.05) is 27.2 Å². The van der Waals surface area contributed by atoms with Crippen LogP contribution in [0.5, 0.6) is 0 Å². The number of aryl methyl sites for hydroxylation is 1. The summed E-state index contributed by atoms with van der Waals surface area (Å²) in [5.74, 6) is 2.29. The third-order valence-corrected chi connectivity index (χ3v) is 3.03. The summed E-state index contributed by atoms with van der Waals surface area (Å²) in [5.41, 5.74) is 0.968. The molecule has 4 nitrogen and oxygen atoms in total. The minimum Gasteiger partial charge on any atom is -0.435 e. The Morgan fingerprint density at radius 2 is 1.89 bits per heavy atom. The zero-order chi connectivity index (χ0) is 13.2. The quantitative estimate of drug-likeness (QED) is 0.843. The molecule has 0 unspecified atom stereocenters. The molecule has 0 radical (unpaired) electrons. The Bertz CT molecular complexity index is 518. The molecule has 2 aromatic rings. The summed E-state index contributed by atoms with van der Waals surface area (Å²) in [6.45, 7) is 2.65. The molecule has 0 aliphatic rings. The topological polar surface area (TPSA) is 46.3 Å². The van der Waals surface area contributed by atoms with Crippen LogP contribution in [0, 0.1) is 6.92 Å². The molecule has 0 saturated heterocycles. The molecule has 1 aromatic carbocycles. The maximum Gasteiger partial charge on any atom is 0.269 e. The summed E-state index contributed by atoms with van der Waals surface area (Å²) in [6, 6.07) is 9.83. The highest BCUT2D eigenvalue weighted by molar-refractivity contribution is 5.56. The minimum atomic E-state index is 0.125. The van der Waals surface area contributed by atoms with Crippen molar-refractivity contribution in [3.63, 3.8) is 0 Å². The van der Waals surface area contributed by atoms with Gasteiger partial charge in [0.15, 0.2) is 5.76 Å². The van der Waals surface area contributed by atoms with Crippen molar-refractivity contribution in [2.24, 2.45) is 0 Å². The van der Waals surface area contributed by atoms with Crippen LogP contribution in [-0.4, -0.2) is 37.3 Å². The smallest absolute Gasteiger partial charge is 0.269 e. The van der Waals surface area contributed by atoms with Gasteiger partial charge in [0.2, 0.25) is 5.89 Å². The van der Waals surface area contributed by atoms with E-state index < -0.39 is 0 Å². The van der Waals surface area contributed by atoms with Crippen LogP contribution in [-0.2, 0) is 0 Å². The van der Waals surface area contributed by atoms with Crippen LogP contribution >= 0.6 is 0 Å². The van der Waals surface area contributed by atoms with Crippen LogP contribution in [0.15, 0.2) is 34.7 Å². The van der Waals surface area contributed by atoms with E-state index in [-0.39, 0.29) is 6.61 Å². The highest BCUT2D eigenvalue weighted by Crippen LogP contribution is 2.28. The van der Waals surface area contributed by atoms with Gasteiger partial charge in [-0.15, -0.1) is 0 Å². The van der Waals surface area contributed by atoms with Gasteiger partial charge in [0.05, 0.1) is 20.7 Å². The predicted octanol–water partition coefficient (Wildman–Crippen LogP) is 2.21. The Hall–Kier alpha value is -1.65. The molecule has 0 saturated carbocycles. The maximum absolute atomic E-state index is 9.10. The molecular formula is C14H19N2O2+. The van der Waals surface area contributed by atoms with E-state index in [4.69, 9.17) is 9.52 Å². The van der Waals surface area contributed by atoms with Gasteiger partial charge in [-0.2, -0.15) is 4.98 Å². The third kappa shape index (κ3) is 2.44. The Kier molecular flexibility index (Phi) is 3.50. The number of rotatable bonds is 4. The average molecular weight is 247 g/mol. The normalized spacial score (nSPS) is 11.8. The summed E-state index contributed by atoms with van der Waals surface area (Å²) >= 11 is 0. The van der Waals surface area contributed by atoms with Crippen molar-refractivity contribution in [1.82, 2.24) is 9.47 Å². The van der Waals surface area contributed by atoms with Crippen molar-refractivity contribution in [1.29, 1.82) is 0 Å². The zero-order valence-electron chi connectivity index (χ0n) is 11.1. The lowest BCUT2D eigenvalue weighted by atomic mass is 10.2. The number of oxazole rings is 1. The molecule has 0 atom stereocenters. The van der Waals surface area contributed by atoms with E-state index in [1.54, 1.807) is 0 Å². The first-order valence-electron chi connectivity index (χ1n) is 6.02. The van der Waals surface area contributed by atoms with Gasteiger partial charge in [0.25, 0.3) is 5.82 Å². The van der Waals surface area contributed by atoms with E-state index in [9.17, 15) is 0 Å². The molecule has 1 heterocycles. The highest BCUT2D eigenvalue weighted by Gasteiger charge is 2.27. The van der Waals surface area contributed by atoms with Crippen molar-refractivity contribution in [3.8, 4) is 11.5 Å². The van der Waals surface area contributed by atoms with Gasteiger partial charge in [-0.05, 0) is 12.1 Å². The predicted molar refractivity (Wildman–Crippen MR) is 72.3 cm³/mol. The molecule has 1 aromatic heterocycles. The summed E-state index contributed by atoms with van der Waals surface area (Å²) < 4.78 is 6.24. The van der Waals surface area contributed by atoms with E-state index in [1.165, 1.54) is 0 Å². The van der Waals surface area contributed by atoms with E-state index >= 15 is 0 Å². The first kappa shape index (κ1) is 12.8. The number of aliphatic hydroxyl groups is 1. The largest absolute Gasteiger partial charge is 0.435 e.